The van der Waals surface area contributed by atoms with Gasteiger partial charge in [0.25, 0.3) is 0 Å². The summed E-state index contributed by atoms with van der Waals surface area (Å²) in [6, 6.07) is 0. The van der Waals surface area contributed by atoms with Crippen LogP contribution in [0, 0.1) is 17.3 Å². The van der Waals surface area contributed by atoms with Gasteiger partial charge in [-0.2, -0.15) is 0 Å². The smallest absolute Gasteiger partial charge is 0.123 e. The molecular weight excluding hydrogens is 148 g/mol. The van der Waals surface area contributed by atoms with Crippen molar-refractivity contribution in [3.8, 4) is 0 Å². The molecule has 0 rings (SSSR count). The van der Waals surface area contributed by atoms with Gasteiger partial charge in [0.2, 0.25) is 0 Å². The van der Waals surface area contributed by atoms with Crippen LogP contribution in [0.3, 0.4) is 0 Å². The van der Waals surface area contributed by atoms with E-state index in [0.717, 1.165) is 6.29 Å². The molecule has 0 aliphatic heterocycles. The Morgan fingerprint density at radius 2 is 1.58 bits per heavy atom. The second-order valence-corrected chi connectivity index (χ2v) is 4.58. The van der Waals surface area contributed by atoms with Gasteiger partial charge in [0.1, 0.15) is 6.29 Å². The first-order valence-corrected chi connectivity index (χ1v) is 4.51. The Bertz CT molecular complexity index is 162. The summed E-state index contributed by atoms with van der Waals surface area (Å²) < 4.78 is 0. The van der Waals surface area contributed by atoms with Crippen LogP contribution in [0.4, 0.5) is 0 Å². The molecule has 0 saturated carbocycles. The Labute approximate surface area is 75.9 Å². The average molecular weight is 168 g/mol. The van der Waals surface area contributed by atoms with Crippen molar-refractivity contribution in [1.29, 1.82) is 0 Å². The van der Waals surface area contributed by atoms with E-state index in [9.17, 15) is 4.79 Å². The zero-order chi connectivity index (χ0) is 9.78. The van der Waals surface area contributed by atoms with E-state index in [1.807, 2.05) is 6.92 Å². The van der Waals surface area contributed by atoms with Crippen LogP contribution in [0.2, 0.25) is 0 Å². The molecule has 0 heterocycles. The zero-order valence-electron chi connectivity index (χ0n) is 8.79. The van der Waals surface area contributed by atoms with E-state index in [0.29, 0.717) is 5.92 Å². The number of hydrogen-bond donors (Lipinski definition) is 0. The van der Waals surface area contributed by atoms with Crippen molar-refractivity contribution in [2.75, 3.05) is 0 Å². The van der Waals surface area contributed by atoms with Crippen LogP contribution in [0.5, 0.6) is 0 Å². The number of rotatable bonds is 3. The Hall–Kier alpha value is -0.590. The number of hydrogen-bond acceptors (Lipinski definition) is 1. The van der Waals surface area contributed by atoms with Gasteiger partial charge in [0.05, 0.1) is 0 Å². The first-order valence-electron chi connectivity index (χ1n) is 4.51. The predicted octanol–water partition coefficient (Wildman–Crippen LogP) is 3.06. The normalized spacial score (nSPS) is 17.8. The largest absolute Gasteiger partial charge is 0.303 e. The molecule has 70 valence electrons. The van der Waals surface area contributed by atoms with Crippen molar-refractivity contribution < 1.29 is 4.79 Å². The highest BCUT2D eigenvalue weighted by atomic mass is 16.1. The summed E-state index contributed by atoms with van der Waals surface area (Å²) in [5.41, 5.74) is 0.219. The van der Waals surface area contributed by atoms with Gasteiger partial charge in [-0.05, 0) is 11.3 Å². The van der Waals surface area contributed by atoms with E-state index >= 15 is 0 Å². The summed E-state index contributed by atoms with van der Waals surface area (Å²) in [5, 5.41) is 0. The molecule has 1 heteroatoms. The van der Waals surface area contributed by atoms with E-state index in [1.54, 1.807) is 0 Å². The lowest BCUT2D eigenvalue weighted by Gasteiger charge is -2.14. The molecule has 1 nitrogen and oxygen atoms in total. The first-order chi connectivity index (χ1) is 5.37. The number of carbonyl (C=O) groups is 1. The third-order valence-corrected chi connectivity index (χ3v) is 1.94. The van der Waals surface area contributed by atoms with Crippen molar-refractivity contribution in [2.24, 2.45) is 17.3 Å². The Morgan fingerprint density at radius 1 is 1.08 bits per heavy atom. The van der Waals surface area contributed by atoms with E-state index in [4.69, 9.17) is 0 Å². The van der Waals surface area contributed by atoms with Gasteiger partial charge in [-0.3, -0.25) is 0 Å². The molecule has 0 aliphatic carbocycles. The maximum absolute atomic E-state index is 10.4. The van der Waals surface area contributed by atoms with Crippen LogP contribution >= 0.6 is 0 Å². The quantitative estimate of drug-likeness (QED) is 0.467. The number of aldehydes is 1. The van der Waals surface area contributed by atoms with Gasteiger partial charge in [-0.1, -0.05) is 46.8 Å². The van der Waals surface area contributed by atoms with Crippen molar-refractivity contribution >= 4 is 6.29 Å². The summed E-state index contributed by atoms with van der Waals surface area (Å²) in [6.07, 6.45) is 5.30. The van der Waals surface area contributed by atoms with E-state index in [2.05, 4.69) is 39.8 Å². The second kappa shape index (κ2) is 4.44. The molecule has 0 spiro atoms. The highest BCUT2D eigenvalue weighted by molar-refractivity contribution is 5.53. The molecule has 0 bridgehead atoms. The number of carbonyl (C=O) groups excluding carboxylic acids is 1. The fourth-order valence-electron chi connectivity index (χ4n) is 0.740. The summed E-state index contributed by atoms with van der Waals surface area (Å²) >= 11 is 0. The molecule has 0 aromatic carbocycles. The van der Waals surface area contributed by atoms with Crippen molar-refractivity contribution in [3.05, 3.63) is 12.2 Å². The fraction of sp³-hybridized carbons (Fsp3) is 0.727. The zero-order valence-corrected chi connectivity index (χ0v) is 8.79. The molecular formula is C11H20O. The molecule has 0 aromatic rings. The topological polar surface area (TPSA) is 17.1 Å². The molecule has 0 radical (unpaired) electrons. The van der Waals surface area contributed by atoms with Gasteiger partial charge in [0.15, 0.2) is 0 Å². The lowest BCUT2D eigenvalue weighted by molar-refractivity contribution is -0.111. The molecule has 0 fully saturated rings. The van der Waals surface area contributed by atoms with Gasteiger partial charge < -0.3 is 4.79 Å². The fourth-order valence-corrected chi connectivity index (χ4v) is 0.740. The van der Waals surface area contributed by atoms with Crippen LogP contribution in [-0.4, -0.2) is 6.29 Å². The van der Waals surface area contributed by atoms with E-state index < -0.39 is 0 Å². The monoisotopic (exact) mass is 168 g/mol. The standard InChI is InChI=1S/C11H20O/c1-9(10(2)8-12)6-7-11(3,4)5/h6-10H,1-5H3/b7-6+/t9-,10-/m1/s1. The van der Waals surface area contributed by atoms with Crippen LogP contribution in [0.15, 0.2) is 12.2 Å². The summed E-state index contributed by atoms with van der Waals surface area (Å²) in [5.74, 6) is 0.477. The molecule has 0 amide bonds. The van der Waals surface area contributed by atoms with Crippen LogP contribution < -0.4 is 0 Å². The first kappa shape index (κ1) is 11.4. The lowest BCUT2D eigenvalue weighted by atomic mass is 9.91. The van der Waals surface area contributed by atoms with E-state index in [-0.39, 0.29) is 11.3 Å². The second-order valence-electron chi connectivity index (χ2n) is 4.58. The highest BCUT2D eigenvalue weighted by Crippen LogP contribution is 2.18. The van der Waals surface area contributed by atoms with Gasteiger partial charge in [-0.15, -0.1) is 0 Å². The molecule has 0 N–H and O–H groups in total. The van der Waals surface area contributed by atoms with Gasteiger partial charge in [0, 0.05) is 5.92 Å². The van der Waals surface area contributed by atoms with Crippen molar-refractivity contribution in [2.45, 2.75) is 34.6 Å². The summed E-state index contributed by atoms with van der Waals surface area (Å²) in [4.78, 5) is 10.4. The van der Waals surface area contributed by atoms with Crippen molar-refractivity contribution in [1.82, 2.24) is 0 Å². The SMILES string of the molecule is C[C@H](C=O)[C@H](C)/C=C/C(C)(C)C. The molecule has 0 saturated heterocycles. The average Bonchev–Trinajstić information content (AvgIpc) is 1.97. The minimum Gasteiger partial charge on any atom is -0.303 e. The third kappa shape index (κ3) is 5.11. The molecule has 0 unspecified atom stereocenters. The Morgan fingerprint density at radius 3 is 1.92 bits per heavy atom. The highest BCUT2D eigenvalue weighted by Gasteiger charge is 2.09. The van der Waals surface area contributed by atoms with Gasteiger partial charge in [-0.25, -0.2) is 0 Å². The van der Waals surface area contributed by atoms with Crippen LogP contribution in [0.25, 0.3) is 0 Å². The van der Waals surface area contributed by atoms with E-state index in [1.165, 1.54) is 0 Å². The van der Waals surface area contributed by atoms with Crippen LogP contribution in [-0.2, 0) is 4.79 Å². The molecule has 0 aliphatic rings. The molecule has 12 heavy (non-hydrogen) atoms. The maximum atomic E-state index is 10.4. The van der Waals surface area contributed by atoms with Crippen molar-refractivity contribution in [3.63, 3.8) is 0 Å². The Kier molecular flexibility index (Phi) is 4.22. The molecule has 2 atom stereocenters. The summed E-state index contributed by atoms with van der Waals surface area (Å²) in [6.45, 7) is 10.5. The minimum atomic E-state index is 0.128. The summed E-state index contributed by atoms with van der Waals surface area (Å²) in [7, 11) is 0. The van der Waals surface area contributed by atoms with Crippen LogP contribution in [0.1, 0.15) is 34.6 Å². The number of allylic oxidation sites excluding steroid dienone is 2. The maximum Gasteiger partial charge on any atom is 0.123 e. The predicted molar refractivity (Wildman–Crippen MR) is 53.0 cm³/mol. The minimum absolute atomic E-state index is 0.128. The third-order valence-electron chi connectivity index (χ3n) is 1.94. The lowest BCUT2D eigenvalue weighted by Crippen LogP contribution is -2.08. The Balaban J connectivity index is 4.08. The van der Waals surface area contributed by atoms with Gasteiger partial charge >= 0.3 is 0 Å². The molecule has 0 aromatic heterocycles.